The number of carbonyl (C=O) groups excluding carboxylic acids is 1. The molecular weight excluding hydrogens is 289 g/mol. The van der Waals surface area contributed by atoms with E-state index in [4.69, 9.17) is 11.6 Å². The summed E-state index contributed by atoms with van der Waals surface area (Å²) < 4.78 is 0.694. The molecule has 1 amide bonds. The molecule has 0 heterocycles. The maximum Gasteiger partial charge on any atom is 0.252 e. The Kier molecular flexibility index (Phi) is 5.37. The van der Waals surface area contributed by atoms with Crippen molar-refractivity contribution in [2.45, 2.75) is 13.3 Å². The van der Waals surface area contributed by atoms with Gasteiger partial charge in [0.25, 0.3) is 5.91 Å². The van der Waals surface area contributed by atoms with Crippen LogP contribution in [-0.4, -0.2) is 12.5 Å². The maximum atomic E-state index is 11.7. The van der Waals surface area contributed by atoms with Gasteiger partial charge in [-0.15, -0.1) is 11.8 Å². The molecule has 0 aliphatic rings. The SMILES string of the molecule is CC#CCCNC(=O)c1ccc(Cl)cc1Br. The molecular formula is C12H11BrClNO. The molecule has 0 unspecified atom stereocenters. The van der Waals surface area contributed by atoms with Gasteiger partial charge in [-0.2, -0.15) is 0 Å². The van der Waals surface area contributed by atoms with Crippen LogP contribution in [0.2, 0.25) is 5.02 Å². The Hall–Kier alpha value is -0.980. The predicted molar refractivity (Wildman–Crippen MR) is 69.6 cm³/mol. The van der Waals surface area contributed by atoms with Gasteiger partial charge in [-0.25, -0.2) is 0 Å². The molecule has 0 saturated heterocycles. The third-order valence-corrected chi connectivity index (χ3v) is 2.78. The van der Waals surface area contributed by atoms with E-state index in [2.05, 4.69) is 33.1 Å². The van der Waals surface area contributed by atoms with E-state index in [0.29, 0.717) is 28.0 Å². The number of carbonyl (C=O) groups is 1. The number of rotatable bonds is 3. The van der Waals surface area contributed by atoms with E-state index in [1.54, 1.807) is 25.1 Å². The van der Waals surface area contributed by atoms with Crippen LogP contribution in [0.25, 0.3) is 0 Å². The normalized spacial score (nSPS) is 9.19. The van der Waals surface area contributed by atoms with Gasteiger partial charge in [-0.05, 0) is 41.1 Å². The highest BCUT2D eigenvalue weighted by molar-refractivity contribution is 9.10. The molecule has 0 saturated carbocycles. The summed E-state index contributed by atoms with van der Waals surface area (Å²) in [6, 6.07) is 5.07. The van der Waals surface area contributed by atoms with E-state index in [1.165, 1.54) is 0 Å². The van der Waals surface area contributed by atoms with Crippen molar-refractivity contribution in [2.75, 3.05) is 6.54 Å². The molecule has 0 fully saturated rings. The molecule has 0 bridgehead atoms. The molecule has 16 heavy (non-hydrogen) atoms. The lowest BCUT2D eigenvalue weighted by Crippen LogP contribution is -2.24. The Morgan fingerprint density at radius 2 is 2.31 bits per heavy atom. The molecule has 1 aromatic carbocycles. The van der Waals surface area contributed by atoms with Gasteiger partial charge >= 0.3 is 0 Å². The average molecular weight is 301 g/mol. The zero-order valence-corrected chi connectivity index (χ0v) is 11.2. The maximum absolute atomic E-state index is 11.7. The van der Waals surface area contributed by atoms with Crippen molar-refractivity contribution in [1.82, 2.24) is 5.32 Å². The molecule has 1 N–H and O–H groups in total. The van der Waals surface area contributed by atoms with Crippen molar-refractivity contribution < 1.29 is 4.79 Å². The Balaban J connectivity index is 2.61. The molecule has 2 nitrogen and oxygen atoms in total. The smallest absolute Gasteiger partial charge is 0.252 e. The molecule has 4 heteroatoms. The zero-order valence-electron chi connectivity index (χ0n) is 8.81. The van der Waals surface area contributed by atoms with E-state index < -0.39 is 0 Å². The first-order valence-electron chi connectivity index (χ1n) is 4.78. The lowest BCUT2D eigenvalue weighted by molar-refractivity contribution is 0.0954. The number of benzene rings is 1. The number of nitrogens with one attached hydrogen (secondary N) is 1. The van der Waals surface area contributed by atoms with E-state index >= 15 is 0 Å². The summed E-state index contributed by atoms with van der Waals surface area (Å²) in [5.41, 5.74) is 0.578. The molecule has 1 rings (SSSR count). The second kappa shape index (κ2) is 6.57. The van der Waals surface area contributed by atoms with Gasteiger partial charge in [0.2, 0.25) is 0 Å². The van der Waals surface area contributed by atoms with Crippen LogP contribution < -0.4 is 5.32 Å². The lowest BCUT2D eigenvalue weighted by atomic mass is 10.2. The van der Waals surface area contributed by atoms with Gasteiger partial charge in [-0.3, -0.25) is 4.79 Å². The zero-order chi connectivity index (χ0) is 12.0. The number of hydrogen-bond acceptors (Lipinski definition) is 1. The van der Waals surface area contributed by atoms with Crippen molar-refractivity contribution >= 4 is 33.4 Å². The standard InChI is InChI=1S/C12H11BrClNO/c1-2-3-4-7-15-12(16)10-6-5-9(14)8-11(10)13/h5-6,8H,4,7H2,1H3,(H,15,16). The summed E-state index contributed by atoms with van der Waals surface area (Å²) >= 11 is 9.08. The van der Waals surface area contributed by atoms with Gasteiger partial charge in [0.15, 0.2) is 0 Å². The van der Waals surface area contributed by atoms with Crippen LogP contribution in [-0.2, 0) is 0 Å². The van der Waals surface area contributed by atoms with E-state index in [1.807, 2.05) is 0 Å². The van der Waals surface area contributed by atoms with Crippen molar-refractivity contribution in [3.63, 3.8) is 0 Å². The summed E-state index contributed by atoms with van der Waals surface area (Å²) in [6.07, 6.45) is 0.660. The molecule has 0 atom stereocenters. The van der Waals surface area contributed by atoms with Crippen molar-refractivity contribution in [3.05, 3.63) is 33.3 Å². The minimum Gasteiger partial charge on any atom is -0.351 e. The van der Waals surface area contributed by atoms with E-state index in [-0.39, 0.29) is 5.91 Å². The number of halogens is 2. The number of amides is 1. The Morgan fingerprint density at radius 1 is 1.56 bits per heavy atom. The Morgan fingerprint density at radius 3 is 2.94 bits per heavy atom. The molecule has 84 valence electrons. The average Bonchev–Trinajstić information content (AvgIpc) is 2.24. The van der Waals surface area contributed by atoms with E-state index in [0.717, 1.165) is 0 Å². The first-order chi connectivity index (χ1) is 7.65. The molecule has 1 aromatic rings. The molecule has 0 aromatic heterocycles. The Labute approximate surface area is 109 Å². The fourth-order valence-electron chi connectivity index (χ4n) is 1.13. The summed E-state index contributed by atoms with van der Waals surface area (Å²) in [6.45, 7) is 2.33. The van der Waals surface area contributed by atoms with Gasteiger partial charge in [0.1, 0.15) is 0 Å². The topological polar surface area (TPSA) is 29.1 Å². The minimum absolute atomic E-state index is 0.124. The van der Waals surface area contributed by atoms with E-state index in [9.17, 15) is 4.79 Å². The first-order valence-corrected chi connectivity index (χ1v) is 5.95. The van der Waals surface area contributed by atoms with Crippen LogP contribution in [0, 0.1) is 11.8 Å². The van der Waals surface area contributed by atoms with Gasteiger partial charge < -0.3 is 5.32 Å². The summed E-state index contributed by atoms with van der Waals surface area (Å²) in [4.78, 5) is 11.7. The van der Waals surface area contributed by atoms with Crippen LogP contribution in [0.15, 0.2) is 22.7 Å². The molecule has 0 aliphatic carbocycles. The fourth-order valence-corrected chi connectivity index (χ4v) is 2.00. The molecule has 0 radical (unpaired) electrons. The lowest BCUT2D eigenvalue weighted by Gasteiger charge is -2.05. The summed E-state index contributed by atoms with van der Waals surface area (Å²) in [5.74, 6) is 5.53. The highest BCUT2D eigenvalue weighted by atomic mass is 79.9. The second-order valence-corrected chi connectivity index (χ2v) is 4.35. The van der Waals surface area contributed by atoms with Crippen LogP contribution in [0.4, 0.5) is 0 Å². The first kappa shape index (κ1) is 13.1. The third kappa shape index (κ3) is 3.88. The van der Waals surface area contributed by atoms with Gasteiger partial charge in [-0.1, -0.05) is 11.6 Å². The number of hydrogen-bond donors (Lipinski definition) is 1. The van der Waals surface area contributed by atoms with Crippen LogP contribution in [0.5, 0.6) is 0 Å². The Bertz CT molecular complexity index is 448. The summed E-state index contributed by atoms with van der Waals surface area (Å²) in [7, 11) is 0. The van der Waals surface area contributed by atoms with Crippen molar-refractivity contribution in [3.8, 4) is 11.8 Å². The summed E-state index contributed by atoms with van der Waals surface area (Å²) in [5, 5.41) is 3.38. The minimum atomic E-state index is -0.124. The second-order valence-electron chi connectivity index (χ2n) is 3.06. The molecule has 0 spiro atoms. The fraction of sp³-hybridized carbons (Fsp3) is 0.250. The quantitative estimate of drug-likeness (QED) is 0.674. The highest BCUT2D eigenvalue weighted by Gasteiger charge is 2.08. The van der Waals surface area contributed by atoms with Crippen LogP contribution >= 0.6 is 27.5 Å². The van der Waals surface area contributed by atoms with Crippen LogP contribution in [0.3, 0.4) is 0 Å². The highest BCUT2D eigenvalue weighted by Crippen LogP contribution is 2.21. The van der Waals surface area contributed by atoms with Crippen molar-refractivity contribution in [1.29, 1.82) is 0 Å². The van der Waals surface area contributed by atoms with Gasteiger partial charge in [0.05, 0.1) is 5.56 Å². The third-order valence-electron chi connectivity index (χ3n) is 1.89. The monoisotopic (exact) mass is 299 g/mol. The van der Waals surface area contributed by atoms with Crippen molar-refractivity contribution in [2.24, 2.45) is 0 Å². The molecule has 0 aliphatic heterocycles. The largest absolute Gasteiger partial charge is 0.351 e. The van der Waals surface area contributed by atoms with Gasteiger partial charge in [0, 0.05) is 22.5 Å². The van der Waals surface area contributed by atoms with Crippen LogP contribution in [0.1, 0.15) is 23.7 Å². The predicted octanol–water partition coefficient (Wildman–Crippen LogP) is 3.25.